The maximum absolute atomic E-state index is 11.7. The van der Waals surface area contributed by atoms with E-state index >= 15 is 0 Å². The van der Waals surface area contributed by atoms with E-state index < -0.39 is 0 Å². The molecule has 0 radical (unpaired) electrons. The molecule has 0 atom stereocenters. The molecule has 0 aliphatic carbocycles. The zero-order chi connectivity index (χ0) is 11.5. The number of rotatable bonds is 4. The fourth-order valence-electron chi connectivity index (χ4n) is 1.32. The van der Waals surface area contributed by atoms with E-state index in [1.54, 1.807) is 17.1 Å². The molecule has 0 aliphatic heterocycles. The summed E-state index contributed by atoms with van der Waals surface area (Å²) in [5.74, 6) is 0.717. The Hall–Kier alpha value is -1.76. The number of nitrogen functional groups attached to an aromatic ring is 1. The molecule has 0 saturated carbocycles. The minimum Gasteiger partial charge on any atom is -0.375 e. The second-order valence-corrected chi connectivity index (χ2v) is 4.26. The van der Waals surface area contributed by atoms with Gasteiger partial charge in [0.1, 0.15) is 17.9 Å². The first-order chi connectivity index (χ1) is 7.65. The molecule has 84 valence electrons. The largest absolute Gasteiger partial charge is 0.375 e. The Labute approximate surface area is 96.1 Å². The number of anilines is 1. The topological polar surface area (TPSA) is 86.7 Å². The van der Waals surface area contributed by atoms with Crippen LogP contribution < -0.4 is 5.73 Å². The fourth-order valence-corrected chi connectivity index (χ4v) is 1.89. The van der Waals surface area contributed by atoms with E-state index in [-0.39, 0.29) is 12.2 Å². The number of carbonyl (C=O) groups is 1. The van der Waals surface area contributed by atoms with Gasteiger partial charge in [-0.05, 0) is 0 Å². The fraction of sp³-hybridized carbons (Fsp3) is 0.333. The molecule has 6 nitrogen and oxygen atoms in total. The third kappa shape index (κ3) is 2.43. The van der Waals surface area contributed by atoms with Gasteiger partial charge in [0.05, 0.1) is 18.5 Å². The molecule has 2 aromatic rings. The number of aryl methyl sites for hydroxylation is 1. The number of carbonyl (C=O) groups excluding carboxylic acids is 1. The average Bonchev–Trinajstić information content (AvgIpc) is 2.77. The third-order valence-corrected chi connectivity index (χ3v) is 2.83. The zero-order valence-corrected chi connectivity index (χ0v) is 9.57. The molecule has 2 rings (SSSR count). The van der Waals surface area contributed by atoms with Crippen LogP contribution >= 0.6 is 11.3 Å². The first-order valence-corrected chi connectivity index (χ1v) is 5.57. The maximum Gasteiger partial charge on any atom is 0.180 e. The third-order valence-electron chi connectivity index (χ3n) is 2.11. The summed E-state index contributed by atoms with van der Waals surface area (Å²) in [7, 11) is 1.76. The molecule has 16 heavy (non-hydrogen) atoms. The van der Waals surface area contributed by atoms with Crippen LogP contribution in [0.25, 0.3) is 0 Å². The van der Waals surface area contributed by atoms with Crippen LogP contribution in [0, 0.1) is 0 Å². The van der Waals surface area contributed by atoms with E-state index in [0.717, 1.165) is 5.69 Å². The van der Waals surface area contributed by atoms with E-state index in [9.17, 15) is 4.79 Å². The molecule has 0 saturated heterocycles. The van der Waals surface area contributed by atoms with Gasteiger partial charge in [0, 0.05) is 12.4 Å². The number of hydrogen-bond acceptors (Lipinski definition) is 6. The van der Waals surface area contributed by atoms with Crippen molar-refractivity contribution in [3.05, 3.63) is 23.2 Å². The van der Waals surface area contributed by atoms with E-state index in [2.05, 4.69) is 15.1 Å². The molecule has 7 heteroatoms. The van der Waals surface area contributed by atoms with Crippen LogP contribution in [0.15, 0.2) is 11.7 Å². The average molecular weight is 237 g/mol. The standard InChI is InChI=1S/C9H11N5OS/c1-14-8(11-5-12-14)3-7(15)2-6-4-16-9(10)13-6/h4-5H,2-3H2,1H3,(H2,10,13). The molecule has 0 aliphatic rings. The summed E-state index contributed by atoms with van der Waals surface area (Å²) in [6.07, 6.45) is 2.00. The van der Waals surface area contributed by atoms with Crippen molar-refractivity contribution in [2.45, 2.75) is 12.8 Å². The van der Waals surface area contributed by atoms with Crippen LogP contribution in [0.2, 0.25) is 0 Å². The molecule has 0 spiro atoms. The molecule has 0 bridgehead atoms. The SMILES string of the molecule is Cn1ncnc1CC(=O)Cc1csc(N)n1. The Morgan fingerprint density at radius 1 is 1.56 bits per heavy atom. The number of ketones is 1. The van der Waals surface area contributed by atoms with Gasteiger partial charge in [-0.1, -0.05) is 0 Å². The maximum atomic E-state index is 11.7. The molecule has 2 heterocycles. The number of thiazole rings is 1. The summed E-state index contributed by atoms with van der Waals surface area (Å²) in [4.78, 5) is 19.7. The lowest BCUT2D eigenvalue weighted by atomic mass is 10.2. The summed E-state index contributed by atoms with van der Waals surface area (Å²) < 4.78 is 1.59. The molecule has 0 unspecified atom stereocenters. The Morgan fingerprint density at radius 2 is 2.38 bits per heavy atom. The predicted molar refractivity (Wildman–Crippen MR) is 59.9 cm³/mol. The van der Waals surface area contributed by atoms with E-state index in [0.29, 0.717) is 17.4 Å². The Balaban J connectivity index is 1.97. The highest BCUT2D eigenvalue weighted by Crippen LogP contribution is 2.12. The number of hydrogen-bond donors (Lipinski definition) is 1. The summed E-state index contributed by atoms with van der Waals surface area (Å²) in [6, 6.07) is 0. The van der Waals surface area contributed by atoms with Crippen molar-refractivity contribution in [2.75, 3.05) is 5.73 Å². The van der Waals surface area contributed by atoms with E-state index in [1.807, 2.05) is 0 Å². The van der Waals surface area contributed by atoms with Crippen LogP contribution in [-0.2, 0) is 24.7 Å². The van der Waals surface area contributed by atoms with E-state index in [1.165, 1.54) is 17.7 Å². The lowest BCUT2D eigenvalue weighted by molar-refractivity contribution is -0.118. The number of nitrogens with two attached hydrogens (primary N) is 1. The minimum atomic E-state index is 0.0569. The Morgan fingerprint density at radius 3 is 2.94 bits per heavy atom. The summed E-state index contributed by atoms with van der Waals surface area (Å²) in [5, 5.41) is 6.18. The van der Waals surface area contributed by atoms with Crippen molar-refractivity contribution in [3.63, 3.8) is 0 Å². The van der Waals surface area contributed by atoms with Crippen LogP contribution in [0.5, 0.6) is 0 Å². The first kappa shape index (κ1) is 10.7. The highest BCUT2D eigenvalue weighted by atomic mass is 32.1. The molecular formula is C9H11N5OS. The number of aromatic nitrogens is 4. The van der Waals surface area contributed by atoms with Gasteiger partial charge in [0.15, 0.2) is 5.13 Å². The summed E-state index contributed by atoms with van der Waals surface area (Å²) >= 11 is 1.34. The highest BCUT2D eigenvalue weighted by Gasteiger charge is 2.10. The minimum absolute atomic E-state index is 0.0569. The lowest BCUT2D eigenvalue weighted by Crippen LogP contribution is -2.11. The molecule has 0 fully saturated rings. The second-order valence-electron chi connectivity index (χ2n) is 3.37. The van der Waals surface area contributed by atoms with Crippen LogP contribution in [-0.4, -0.2) is 25.5 Å². The van der Waals surface area contributed by atoms with Gasteiger partial charge in [0.25, 0.3) is 0 Å². The van der Waals surface area contributed by atoms with Gasteiger partial charge in [-0.2, -0.15) is 5.10 Å². The summed E-state index contributed by atoms with van der Waals surface area (Å²) in [5.41, 5.74) is 6.20. The monoisotopic (exact) mass is 237 g/mol. The lowest BCUT2D eigenvalue weighted by Gasteiger charge is -1.98. The number of Topliss-reactive ketones (excluding diaryl/α,β-unsaturated/α-hetero) is 1. The molecule has 0 aromatic carbocycles. The van der Waals surface area contributed by atoms with Gasteiger partial charge in [-0.25, -0.2) is 9.97 Å². The second kappa shape index (κ2) is 4.40. The highest BCUT2D eigenvalue weighted by molar-refractivity contribution is 7.13. The van der Waals surface area contributed by atoms with Crippen LogP contribution in [0.4, 0.5) is 5.13 Å². The van der Waals surface area contributed by atoms with Crippen molar-refractivity contribution in [2.24, 2.45) is 7.05 Å². The molecule has 2 aromatic heterocycles. The normalized spacial score (nSPS) is 10.6. The quantitative estimate of drug-likeness (QED) is 0.821. The van der Waals surface area contributed by atoms with Gasteiger partial charge in [-0.15, -0.1) is 11.3 Å². The molecule has 0 amide bonds. The smallest absolute Gasteiger partial charge is 0.180 e. The van der Waals surface area contributed by atoms with Crippen molar-refractivity contribution < 1.29 is 4.79 Å². The molecule has 2 N–H and O–H groups in total. The molecular weight excluding hydrogens is 226 g/mol. The van der Waals surface area contributed by atoms with Gasteiger partial charge >= 0.3 is 0 Å². The number of nitrogens with zero attached hydrogens (tertiary/aromatic N) is 4. The van der Waals surface area contributed by atoms with Crippen molar-refractivity contribution in [1.29, 1.82) is 0 Å². The Kier molecular flexibility index (Phi) is 2.95. The predicted octanol–water partition coefficient (Wildman–Crippen LogP) is 0.208. The van der Waals surface area contributed by atoms with Crippen molar-refractivity contribution >= 4 is 22.3 Å². The van der Waals surface area contributed by atoms with Crippen LogP contribution in [0.1, 0.15) is 11.5 Å². The summed E-state index contributed by atoms with van der Waals surface area (Å²) in [6.45, 7) is 0. The Bertz CT molecular complexity index is 503. The zero-order valence-electron chi connectivity index (χ0n) is 8.75. The van der Waals surface area contributed by atoms with Gasteiger partial charge in [-0.3, -0.25) is 9.48 Å². The van der Waals surface area contributed by atoms with E-state index in [4.69, 9.17) is 5.73 Å². The van der Waals surface area contributed by atoms with Crippen molar-refractivity contribution in [3.8, 4) is 0 Å². The van der Waals surface area contributed by atoms with Crippen molar-refractivity contribution in [1.82, 2.24) is 19.7 Å². The van der Waals surface area contributed by atoms with Crippen LogP contribution in [0.3, 0.4) is 0 Å². The van der Waals surface area contributed by atoms with Gasteiger partial charge < -0.3 is 5.73 Å². The first-order valence-electron chi connectivity index (χ1n) is 4.69. The van der Waals surface area contributed by atoms with Gasteiger partial charge in [0.2, 0.25) is 0 Å².